The summed E-state index contributed by atoms with van der Waals surface area (Å²) in [6, 6.07) is 14.0. The normalized spacial score (nSPS) is 15.7. The van der Waals surface area contributed by atoms with Gasteiger partial charge in [-0.25, -0.2) is 0 Å². The molecule has 0 amide bonds. The predicted octanol–water partition coefficient (Wildman–Crippen LogP) is 4.00. The van der Waals surface area contributed by atoms with Gasteiger partial charge in [-0.15, -0.1) is 0 Å². The minimum Gasteiger partial charge on any atom is -0.388 e. The summed E-state index contributed by atoms with van der Waals surface area (Å²) in [7, 11) is 2.13. The van der Waals surface area contributed by atoms with Crippen LogP contribution in [0.1, 0.15) is 29.2 Å². The molecular weight excluding hydrogens is 282 g/mol. The van der Waals surface area contributed by atoms with Gasteiger partial charge in [0, 0.05) is 30.7 Å². The van der Waals surface area contributed by atoms with Crippen LogP contribution in [-0.2, 0) is 12.8 Å². The number of aliphatic hydroxyl groups is 1. The van der Waals surface area contributed by atoms with Crippen LogP contribution in [0.2, 0.25) is 5.02 Å². The van der Waals surface area contributed by atoms with E-state index in [2.05, 4.69) is 24.1 Å². The number of benzene rings is 2. The topological polar surface area (TPSA) is 23.5 Å². The third-order valence-electron chi connectivity index (χ3n) is 4.16. The van der Waals surface area contributed by atoms with Gasteiger partial charge in [0.25, 0.3) is 0 Å². The molecule has 0 bridgehead atoms. The molecule has 1 atom stereocenters. The lowest BCUT2D eigenvalue weighted by Crippen LogP contribution is -2.24. The first-order valence-electron chi connectivity index (χ1n) is 7.40. The van der Waals surface area contributed by atoms with Gasteiger partial charge in [0.1, 0.15) is 0 Å². The van der Waals surface area contributed by atoms with Crippen molar-refractivity contribution in [1.29, 1.82) is 0 Å². The average Bonchev–Trinajstić information content (AvgIpc) is 2.47. The van der Waals surface area contributed by atoms with Crippen molar-refractivity contribution in [2.75, 3.05) is 18.5 Å². The Bertz CT molecular complexity index is 641. The second-order valence-corrected chi connectivity index (χ2v) is 6.20. The predicted molar refractivity (Wildman–Crippen MR) is 88.1 cm³/mol. The Hall–Kier alpha value is -1.51. The van der Waals surface area contributed by atoms with Crippen LogP contribution in [0.3, 0.4) is 0 Å². The van der Waals surface area contributed by atoms with Gasteiger partial charge < -0.3 is 10.0 Å². The minimum atomic E-state index is -0.485. The lowest BCUT2D eigenvalue weighted by atomic mass is 9.95. The molecule has 0 radical (unpaired) electrons. The Morgan fingerprint density at radius 1 is 1.24 bits per heavy atom. The summed E-state index contributed by atoms with van der Waals surface area (Å²) < 4.78 is 0. The fourth-order valence-electron chi connectivity index (χ4n) is 3.02. The maximum atomic E-state index is 10.5. The van der Waals surface area contributed by atoms with Gasteiger partial charge in [-0.05, 0) is 47.7 Å². The zero-order valence-corrected chi connectivity index (χ0v) is 13.0. The average molecular weight is 302 g/mol. The number of anilines is 1. The molecule has 0 aliphatic carbocycles. The Morgan fingerprint density at radius 3 is 2.90 bits per heavy atom. The second-order valence-electron chi connectivity index (χ2n) is 5.76. The molecule has 3 heteroatoms. The molecule has 1 unspecified atom stereocenters. The highest BCUT2D eigenvalue weighted by Crippen LogP contribution is 2.30. The summed E-state index contributed by atoms with van der Waals surface area (Å²) in [5.74, 6) is 0. The van der Waals surface area contributed by atoms with Crippen LogP contribution >= 0.6 is 11.6 Å². The SMILES string of the molecule is CN1CCCc2cc(C(O)Cc3cccc(Cl)c3)ccc21. The largest absolute Gasteiger partial charge is 0.388 e. The molecule has 110 valence electrons. The number of nitrogens with zero attached hydrogens (tertiary/aromatic N) is 1. The molecule has 0 aromatic heterocycles. The quantitative estimate of drug-likeness (QED) is 0.926. The van der Waals surface area contributed by atoms with E-state index in [0.717, 1.165) is 24.1 Å². The van der Waals surface area contributed by atoms with Gasteiger partial charge in [-0.3, -0.25) is 0 Å². The van der Waals surface area contributed by atoms with Crippen molar-refractivity contribution in [3.8, 4) is 0 Å². The monoisotopic (exact) mass is 301 g/mol. The van der Waals surface area contributed by atoms with Crippen molar-refractivity contribution in [2.45, 2.75) is 25.4 Å². The molecule has 1 heterocycles. The zero-order chi connectivity index (χ0) is 14.8. The van der Waals surface area contributed by atoms with Crippen LogP contribution in [0.5, 0.6) is 0 Å². The van der Waals surface area contributed by atoms with Gasteiger partial charge in [0.05, 0.1) is 6.10 Å². The molecule has 21 heavy (non-hydrogen) atoms. The molecule has 2 aromatic carbocycles. The van der Waals surface area contributed by atoms with Gasteiger partial charge in [-0.2, -0.15) is 0 Å². The molecule has 0 saturated carbocycles. The van der Waals surface area contributed by atoms with E-state index in [1.165, 1.54) is 17.7 Å². The van der Waals surface area contributed by atoms with Gasteiger partial charge in [0.2, 0.25) is 0 Å². The maximum absolute atomic E-state index is 10.5. The fraction of sp³-hybridized carbons (Fsp3) is 0.333. The van der Waals surface area contributed by atoms with E-state index in [0.29, 0.717) is 11.4 Å². The Labute approximate surface area is 131 Å². The minimum absolute atomic E-state index is 0.485. The van der Waals surface area contributed by atoms with Crippen molar-refractivity contribution < 1.29 is 5.11 Å². The van der Waals surface area contributed by atoms with E-state index in [1.807, 2.05) is 30.3 Å². The van der Waals surface area contributed by atoms with Crippen molar-refractivity contribution in [1.82, 2.24) is 0 Å². The van der Waals surface area contributed by atoms with Crippen molar-refractivity contribution in [3.05, 3.63) is 64.2 Å². The highest BCUT2D eigenvalue weighted by atomic mass is 35.5. The number of hydrogen-bond acceptors (Lipinski definition) is 2. The number of aliphatic hydroxyl groups excluding tert-OH is 1. The van der Waals surface area contributed by atoms with E-state index in [-0.39, 0.29) is 0 Å². The van der Waals surface area contributed by atoms with Gasteiger partial charge in [-0.1, -0.05) is 35.9 Å². The van der Waals surface area contributed by atoms with E-state index >= 15 is 0 Å². The number of aryl methyl sites for hydroxylation is 1. The van der Waals surface area contributed by atoms with E-state index in [9.17, 15) is 5.11 Å². The number of halogens is 1. The van der Waals surface area contributed by atoms with E-state index in [4.69, 9.17) is 11.6 Å². The molecule has 1 aliphatic rings. The van der Waals surface area contributed by atoms with E-state index in [1.54, 1.807) is 0 Å². The van der Waals surface area contributed by atoms with Crippen LogP contribution in [0, 0.1) is 0 Å². The van der Waals surface area contributed by atoms with Gasteiger partial charge in [0.15, 0.2) is 0 Å². The molecule has 2 nitrogen and oxygen atoms in total. The van der Waals surface area contributed by atoms with Crippen LogP contribution < -0.4 is 4.90 Å². The van der Waals surface area contributed by atoms with E-state index < -0.39 is 6.10 Å². The first-order chi connectivity index (χ1) is 10.1. The lowest BCUT2D eigenvalue weighted by Gasteiger charge is -2.28. The molecule has 0 spiro atoms. The first kappa shape index (κ1) is 14.4. The summed E-state index contributed by atoms with van der Waals surface area (Å²) in [4.78, 5) is 2.28. The van der Waals surface area contributed by atoms with Crippen LogP contribution in [0.25, 0.3) is 0 Å². The molecule has 1 aliphatic heterocycles. The van der Waals surface area contributed by atoms with Crippen LogP contribution in [-0.4, -0.2) is 18.7 Å². The highest BCUT2D eigenvalue weighted by molar-refractivity contribution is 6.30. The van der Waals surface area contributed by atoms with Gasteiger partial charge >= 0.3 is 0 Å². The summed E-state index contributed by atoms with van der Waals surface area (Å²) in [5, 5.41) is 11.2. The fourth-order valence-corrected chi connectivity index (χ4v) is 3.23. The van der Waals surface area contributed by atoms with Crippen LogP contribution in [0.15, 0.2) is 42.5 Å². The molecule has 0 fully saturated rings. The Morgan fingerprint density at radius 2 is 2.10 bits per heavy atom. The molecule has 0 saturated heterocycles. The third kappa shape index (κ3) is 3.22. The zero-order valence-electron chi connectivity index (χ0n) is 12.2. The van der Waals surface area contributed by atoms with Crippen molar-refractivity contribution >= 4 is 17.3 Å². The lowest BCUT2D eigenvalue weighted by molar-refractivity contribution is 0.178. The van der Waals surface area contributed by atoms with Crippen molar-refractivity contribution in [2.24, 2.45) is 0 Å². The molecule has 2 aromatic rings. The summed E-state index contributed by atoms with van der Waals surface area (Å²) in [6.45, 7) is 1.11. The molecular formula is C18H20ClNO. The first-order valence-corrected chi connectivity index (χ1v) is 7.78. The summed E-state index contributed by atoms with van der Waals surface area (Å²) in [5.41, 5.74) is 4.68. The maximum Gasteiger partial charge on any atom is 0.0830 e. The summed E-state index contributed by atoms with van der Waals surface area (Å²) >= 11 is 6.00. The Kier molecular flexibility index (Phi) is 4.18. The second kappa shape index (κ2) is 6.08. The standard InChI is InChI=1S/C18H20ClNO/c1-20-9-3-5-14-12-15(7-8-17(14)20)18(21)11-13-4-2-6-16(19)10-13/h2,4,6-8,10,12,18,21H,3,5,9,11H2,1H3. The number of fused-ring (bicyclic) bond motifs is 1. The number of rotatable bonds is 3. The van der Waals surface area contributed by atoms with Crippen molar-refractivity contribution in [3.63, 3.8) is 0 Å². The molecule has 3 rings (SSSR count). The van der Waals surface area contributed by atoms with Crippen LogP contribution in [0.4, 0.5) is 5.69 Å². The Balaban J connectivity index is 1.80. The highest BCUT2D eigenvalue weighted by Gasteiger charge is 2.16. The smallest absolute Gasteiger partial charge is 0.0830 e. The number of hydrogen-bond donors (Lipinski definition) is 1. The summed E-state index contributed by atoms with van der Waals surface area (Å²) in [6.07, 6.45) is 2.38. The third-order valence-corrected chi connectivity index (χ3v) is 4.39. The molecule has 1 N–H and O–H groups in total.